The van der Waals surface area contributed by atoms with Crippen LogP contribution in [0.1, 0.15) is 0 Å². The van der Waals surface area contributed by atoms with Crippen molar-refractivity contribution in [1.29, 1.82) is 10.5 Å². The molecule has 7 heteroatoms. The average molecular weight is 202 g/mol. The fourth-order valence-corrected chi connectivity index (χ4v) is 0.367. The topological polar surface area (TPSA) is 67.8 Å². The van der Waals surface area contributed by atoms with Crippen LogP contribution in [0.15, 0.2) is 11.3 Å². The number of allylic oxidation sites excluding steroid dienone is 2. The molecule has 0 amide bonds. The zero-order chi connectivity index (χ0) is 9.07. The molecule has 1 N–H and O–H groups in total. The van der Waals surface area contributed by atoms with Gasteiger partial charge in [-0.2, -0.15) is 19.3 Å². The van der Waals surface area contributed by atoms with E-state index in [-0.39, 0.29) is 29.6 Å². The van der Waals surface area contributed by atoms with Crippen molar-refractivity contribution in [2.45, 2.75) is 5.38 Å². The number of rotatable bonds is 1. The molecule has 0 unspecified atom stereocenters. The van der Waals surface area contributed by atoms with Crippen LogP contribution >= 0.6 is 11.6 Å². The average Bonchev–Trinajstić information content (AvgIpc) is 1.88. The van der Waals surface area contributed by atoms with E-state index in [9.17, 15) is 8.78 Å². The van der Waals surface area contributed by atoms with Crippen LogP contribution in [-0.4, -0.2) is 40.0 Å². The fraction of sp³-hybridized carbons (Fsp3) is 0.200. The third-order valence-corrected chi connectivity index (χ3v) is 0.908. The molecule has 0 aliphatic carbocycles. The molecule has 0 aliphatic rings. The number of hydrogen-bond acceptors (Lipinski definition) is 3. The maximum atomic E-state index is 11.9. The molecule has 0 bridgehead atoms. The first kappa shape index (κ1) is 14.2. The van der Waals surface area contributed by atoms with E-state index >= 15 is 0 Å². The van der Waals surface area contributed by atoms with Crippen molar-refractivity contribution in [3.63, 3.8) is 0 Å². The monoisotopic (exact) mass is 201 g/mol. The first-order chi connectivity index (χ1) is 4.93. The molecular formula is C5HClF2N2NaO. The number of hydrogen-bond donors (Lipinski definition) is 1. The summed E-state index contributed by atoms with van der Waals surface area (Å²) in [5.74, 6) is -1.72. The van der Waals surface area contributed by atoms with Gasteiger partial charge in [0.25, 0.3) is 0 Å². The minimum absolute atomic E-state index is 0. The van der Waals surface area contributed by atoms with Crippen LogP contribution in [0.3, 0.4) is 0 Å². The molecule has 0 atom stereocenters. The summed E-state index contributed by atoms with van der Waals surface area (Å²) in [6, 6.07) is 2.12. The number of aliphatic hydroxyl groups excluding tert-OH is 1. The van der Waals surface area contributed by atoms with Gasteiger partial charge in [-0.1, -0.05) is 0 Å². The molecule has 3 nitrogen and oxygen atoms in total. The summed E-state index contributed by atoms with van der Waals surface area (Å²) >= 11 is 4.29. The maximum absolute atomic E-state index is 11.9. The second-order valence-electron chi connectivity index (χ2n) is 1.44. The van der Waals surface area contributed by atoms with E-state index in [0.717, 1.165) is 12.1 Å². The van der Waals surface area contributed by atoms with Crippen LogP contribution in [-0.2, 0) is 0 Å². The minimum atomic E-state index is -4.05. The summed E-state index contributed by atoms with van der Waals surface area (Å²) in [5, 5.41) is 20.3. The second kappa shape index (κ2) is 5.34. The zero-order valence-electron chi connectivity index (χ0n) is 5.98. The van der Waals surface area contributed by atoms with Gasteiger partial charge in [0.2, 0.25) is 5.76 Å². The van der Waals surface area contributed by atoms with Crippen molar-refractivity contribution in [2.24, 2.45) is 0 Å². The molecule has 0 fully saturated rings. The number of nitriles is 2. The molecule has 0 heterocycles. The molecule has 0 saturated heterocycles. The quantitative estimate of drug-likeness (QED) is 0.301. The van der Waals surface area contributed by atoms with Gasteiger partial charge in [-0.15, -0.1) is 0 Å². The van der Waals surface area contributed by atoms with Crippen LogP contribution in [0.4, 0.5) is 8.78 Å². The third kappa shape index (κ3) is 3.89. The summed E-state index contributed by atoms with van der Waals surface area (Å²) in [5.41, 5.74) is -1.09. The van der Waals surface area contributed by atoms with Crippen molar-refractivity contribution in [2.75, 3.05) is 0 Å². The standard InChI is InChI=1S/C5HClF2N2O.Na/c6-5(7,8)4(11)3(1-9)2-10;/h11H;. The van der Waals surface area contributed by atoms with Gasteiger partial charge in [0.1, 0.15) is 12.1 Å². The van der Waals surface area contributed by atoms with Crippen molar-refractivity contribution in [3.05, 3.63) is 11.3 Å². The number of alkyl halides is 3. The molecule has 0 aromatic heterocycles. The number of nitrogens with zero attached hydrogens (tertiary/aromatic N) is 2. The van der Waals surface area contributed by atoms with E-state index in [1.807, 2.05) is 0 Å². The fourth-order valence-electron chi connectivity index (χ4n) is 0.273. The van der Waals surface area contributed by atoms with Crippen molar-refractivity contribution in [1.82, 2.24) is 0 Å². The molecule has 0 saturated carbocycles. The van der Waals surface area contributed by atoms with Crippen LogP contribution in [0.5, 0.6) is 0 Å². The molecule has 12 heavy (non-hydrogen) atoms. The van der Waals surface area contributed by atoms with E-state index in [1.165, 1.54) is 0 Å². The smallest absolute Gasteiger partial charge is 0.381 e. The summed E-state index contributed by atoms with van der Waals surface area (Å²) in [7, 11) is 0. The Labute approximate surface area is 94.1 Å². The predicted molar refractivity (Wildman–Crippen MR) is 37.4 cm³/mol. The Morgan fingerprint density at radius 2 is 1.67 bits per heavy atom. The largest absolute Gasteiger partial charge is 0.504 e. The van der Waals surface area contributed by atoms with Crippen molar-refractivity contribution >= 4 is 41.2 Å². The molecular weight excluding hydrogens is 201 g/mol. The summed E-state index contributed by atoms with van der Waals surface area (Å²) in [6.45, 7) is 0. The third-order valence-electron chi connectivity index (χ3n) is 0.729. The van der Waals surface area contributed by atoms with E-state index in [0.29, 0.717) is 0 Å². The van der Waals surface area contributed by atoms with Crippen LogP contribution < -0.4 is 0 Å². The van der Waals surface area contributed by atoms with Gasteiger partial charge in [-0.3, -0.25) is 0 Å². The molecule has 0 spiro atoms. The first-order valence-corrected chi connectivity index (χ1v) is 2.62. The summed E-state index contributed by atoms with van der Waals surface area (Å²) < 4.78 is 23.8. The molecule has 59 valence electrons. The van der Waals surface area contributed by atoms with Crippen LogP contribution in [0.2, 0.25) is 0 Å². The Bertz CT molecular complexity index is 257. The van der Waals surface area contributed by atoms with Gasteiger partial charge in [0.05, 0.1) is 0 Å². The second-order valence-corrected chi connectivity index (χ2v) is 1.92. The molecule has 0 aliphatic heterocycles. The number of halogens is 3. The molecule has 0 rings (SSSR count). The molecule has 0 aromatic carbocycles. The Hall–Kier alpha value is -0.330. The maximum Gasteiger partial charge on any atom is 0.381 e. The van der Waals surface area contributed by atoms with E-state index < -0.39 is 16.7 Å². The van der Waals surface area contributed by atoms with E-state index in [2.05, 4.69) is 11.6 Å². The molecule has 0 aromatic rings. The predicted octanol–water partition coefficient (Wildman–Crippen LogP) is 1.30. The molecule has 1 radical (unpaired) electrons. The first-order valence-electron chi connectivity index (χ1n) is 2.24. The van der Waals surface area contributed by atoms with Crippen LogP contribution in [0, 0.1) is 22.7 Å². The Balaban J connectivity index is 0. The Morgan fingerprint density at radius 3 is 1.75 bits per heavy atom. The minimum Gasteiger partial charge on any atom is -0.504 e. The SMILES string of the molecule is N#CC(C#N)=C(O)C(F)(F)Cl.[Na]. The number of aliphatic hydroxyl groups is 1. The zero-order valence-corrected chi connectivity index (χ0v) is 8.73. The normalized spacial score (nSPS) is 8.75. The van der Waals surface area contributed by atoms with E-state index in [4.69, 9.17) is 15.6 Å². The van der Waals surface area contributed by atoms with Gasteiger partial charge in [-0.25, -0.2) is 0 Å². The van der Waals surface area contributed by atoms with Gasteiger partial charge >= 0.3 is 5.38 Å². The van der Waals surface area contributed by atoms with Gasteiger partial charge in [-0.05, 0) is 11.6 Å². The van der Waals surface area contributed by atoms with Gasteiger partial charge < -0.3 is 5.11 Å². The van der Waals surface area contributed by atoms with Crippen molar-refractivity contribution in [3.8, 4) is 12.1 Å². The van der Waals surface area contributed by atoms with E-state index in [1.54, 1.807) is 0 Å². The van der Waals surface area contributed by atoms with Gasteiger partial charge in [0, 0.05) is 29.6 Å². The van der Waals surface area contributed by atoms with Crippen molar-refractivity contribution < 1.29 is 13.9 Å². The summed E-state index contributed by atoms with van der Waals surface area (Å²) in [4.78, 5) is 0. The Morgan fingerprint density at radius 1 is 1.33 bits per heavy atom. The summed E-state index contributed by atoms with van der Waals surface area (Å²) in [6.07, 6.45) is 0. The Kier molecular flexibility index (Phi) is 6.32. The van der Waals surface area contributed by atoms with Crippen LogP contribution in [0.25, 0.3) is 0 Å². The van der Waals surface area contributed by atoms with Gasteiger partial charge in [0.15, 0.2) is 5.57 Å².